The van der Waals surface area contributed by atoms with Crippen molar-refractivity contribution in [3.8, 4) is 0 Å². The lowest BCUT2D eigenvalue weighted by Crippen LogP contribution is -2.49. The van der Waals surface area contributed by atoms with Crippen LogP contribution in [0.2, 0.25) is 0 Å². The number of nitrogens with zero attached hydrogens (tertiary/aromatic N) is 4. The Bertz CT molecular complexity index is 536. The first-order valence-electron chi connectivity index (χ1n) is 6.66. The van der Waals surface area contributed by atoms with Crippen molar-refractivity contribution in [1.82, 2.24) is 14.7 Å². The summed E-state index contributed by atoms with van der Waals surface area (Å²) in [6.45, 7) is 8.26. The summed E-state index contributed by atoms with van der Waals surface area (Å²) in [5.74, 6) is -0.179. The largest absolute Gasteiger partial charge is 0.343 e. The summed E-state index contributed by atoms with van der Waals surface area (Å²) in [4.78, 5) is 24.4. The number of carbonyl (C=O) groups excluding carboxylic acids is 1. The van der Waals surface area contributed by atoms with Gasteiger partial charge in [0.15, 0.2) is 0 Å². The molecule has 0 atom stereocenters. The first-order chi connectivity index (χ1) is 9.51. The Hall–Kier alpha value is -1.96. The number of carbonyl (C=O) groups is 1. The second kappa shape index (κ2) is 5.80. The van der Waals surface area contributed by atoms with Gasteiger partial charge in [0, 0.05) is 13.6 Å². The fourth-order valence-electron chi connectivity index (χ4n) is 2.06. The molecule has 0 aliphatic heterocycles. The summed E-state index contributed by atoms with van der Waals surface area (Å²) in [6, 6.07) is 0. The quantitative estimate of drug-likeness (QED) is 0.622. The predicted molar refractivity (Wildman–Crippen MR) is 78.7 cm³/mol. The maximum absolute atomic E-state index is 12.6. The van der Waals surface area contributed by atoms with Gasteiger partial charge < -0.3 is 10.6 Å². The van der Waals surface area contributed by atoms with E-state index in [2.05, 4.69) is 5.10 Å². The zero-order valence-electron chi connectivity index (χ0n) is 13.2. The van der Waals surface area contributed by atoms with Gasteiger partial charge in [-0.2, -0.15) is 5.10 Å². The molecule has 118 valence electrons. The van der Waals surface area contributed by atoms with Gasteiger partial charge in [0.2, 0.25) is 5.91 Å². The van der Waals surface area contributed by atoms with Crippen LogP contribution in [0.4, 0.5) is 5.69 Å². The first-order valence-corrected chi connectivity index (χ1v) is 6.66. The third-order valence-electron chi connectivity index (χ3n) is 3.44. The van der Waals surface area contributed by atoms with Gasteiger partial charge >= 0.3 is 5.69 Å². The minimum Gasteiger partial charge on any atom is -0.343 e. The Morgan fingerprint density at radius 2 is 2.05 bits per heavy atom. The predicted octanol–water partition coefficient (Wildman–Crippen LogP) is 0.970. The summed E-state index contributed by atoms with van der Waals surface area (Å²) < 4.78 is 1.32. The van der Waals surface area contributed by atoms with E-state index in [9.17, 15) is 14.9 Å². The fourth-order valence-corrected chi connectivity index (χ4v) is 2.06. The van der Waals surface area contributed by atoms with Crippen molar-refractivity contribution < 1.29 is 9.72 Å². The van der Waals surface area contributed by atoms with Crippen molar-refractivity contribution in [3.63, 3.8) is 0 Å². The van der Waals surface area contributed by atoms with Crippen molar-refractivity contribution >= 4 is 11.6 Å². The van der Waals surface area contributed by atoms with Crippen LogP contribution in [-0.4, -0.2) is 45.6 Å². The number of nitro groups is 1. The van der Waals surface area contributed by atoms with Crippen LogP contribution in [0.3, 0.4) is 0 Å². The average molecular weight is 297 g/mol. The lowest BCUT2D eigenvalue weighted by atomic mass is 9.92. The second-order valence-corrected chi connectivity index (χ2v) is 6.49. The Morgan fingerprint density at radius 1 is 1.48 bits per heavy atom. The molecule has 21 heavy (non-hydrogen) atoms. The lowest BCUT2D eigenvalue weighted by molar-refractivity contribution is -0.385. The van der Waals surface area contributed by atoms with Crippen LogP contribution in [0.25, 0.3) is 0 Å². The van der Waals surface area contributed by atoms with Gasteiger partial charge in [-0.1, -0.05) is 13.8 Å². The molecule has 8 heteroatoms. The van der Waals surface area contributed by atoms with Crippen LogP contribution in [-0.2, 0) is 10.3 Å². The van der Waals surface area contributed by atoms with E-state index in [4.69, 9.17) is 5.73 Å². The molecular weight excluding hydrogens is 274 g/mol. The van der Waals surface area contributed by atoms with E-state index in [1.165, 1.54) is 10.9 Å². The molecule has 0 saturated heterocycles. The molecule has 1 heterocycles. The summed E-state index contributed by atoms with van der Waals surface area (Å²) in [5, 5.41) is 14.6. The Morgan fingerprint density at radius 3 is 2.48 bits per heavy atom. The smallest absolute Gasteiger partial charge is 0.307 e. The van der Waals surface area contributed by atoms with Gasteiger partial charge in [0.1, 0.15) is 17.9 Å². The van der Waals surface area contributed by atoms with Crippen LogP contribution in [0.5, 0.6) is 0 Å². The minimum absolute atomic E-state index is 0.138. The van der Waals surface area contributed by atoms with Gasteiger partial charge in [0.25, 0.3) is 0 Å². The van der Waals surface area contributed by atoms with Gasteiger partial charge in [0.05, 0.1) is 4.92 Å². The lowest BCUT2D eigenvalue weighted by Gasteiger charge is -2.34. The van der Waals surface area contributed by atoms with Gasteiger partial charge in [-0.05, 0) is 25.8 Å². The number of rotatable bonds is 6. The molecule has 0 bridgehead atoms. The molecule has 1 aromatic heterocycles. The number of hydrogen-bond donors (Lipinski definition) is 1. The molecule has 2 N–H and O–H groups in total. The molecule has 0 aromatic carbocycles. The van der Waals surface area contributed by atoms with Gasteiger partial charge in [-0.3, -0.25) is 19.6 Å². The molecule has 8 nitrogen and oxygen atoms in total. The summed E-state index contributed by atoms with van der Waals surface area (Å²) in [7, 11) is 1.69. The third kappa shape index (κ3) is 3.78. The fraction of sp³-hybridized carbons (Fsp3) is 0.692. The van der Waals surface area contributed by atoms with E-state index in [1.54, 1.807) is 25.8 Å². The maximum Gasteiger partial charge on any atom is 0.307 e. The first kappa shape index (κ1) is 17.1. The molecule has 0 fully saturated rings. The van der Waals surface area contributed by atoms with Crippen molar-refractivity contribution in [1.29, 1.82) is 0 Å². The molecule has 0 aliphatic rings. The Labute approximate surface area is 124 Å². The van der Waals surface area contributed by atoms with Crippen LogP contribution >= 0.6 is 0 Å². The van der Waals surface area contributed by atoms with Crippen LogP contribution < -0.4 is 5.73 Å². The van der Waals surface area contributed by atoms with E-state index in [1.807, 2.05) is 13.8 Å². The number of hydrogen-bond acceptors (Lipinski definition) is 5. The van der Waals surface area contributed by atoms with Crippen molar-refractivity contribution in [2.45, 2.75) is 33.2 Å². The SMILES string of the molecule is CN(CC(C)(C)CN)C(=O)C(C)(C)n1cc([N+](=O)[O-])cn1. The molecule has 0 aliphatic carbocycles. The highest BCUT2D eigenvalue weighted by Crippen LogP contribution is 2.22. The van der Waals surface area contributed by atoms with E-state index >= 15 is 0 Å². The van der Waals surface area contributed by atoms with Crippen molar-refractivity contribution in [2.24, 2.45) is 11.1 Å². The molecule has 1 rings (SSSR count). The summed E-state index contributed by atoms with van der Waals surface area (Å²) in [5.41, 5.74) is 4.34. The highest BCUT2D eigenvalue weighted by atomic mass is 16.6. The van der Waals surface area contributed by atoms with E-state index < -0.39 is 10.5 Å². The molecule has 1 amide bonds. The number of nitrogens with two attached hydrogens (primary N) is 1. The van der Waals surface area contributed by atoms with Crippen molar-refractivity contribution in [3.05, 3.63) is 22.5 Å². The molecule has 0 spiro atoms. The maximum atomic E-state index is 12.6. The standard InChI is InChI=1S/C13H23N5O3/c1-12(2,8-14)9-16(5)11(19)13(3,4)17-7-10(6-15-17)18(20)21/h6-7H,8-9,14H2,1-5H3. The van der Waals surface area contributed by atoms with Crippen LogP contribution in [0, 0.1) is 15.5 Å². The number of aromatic nitrogens is 2. The van der Waals surface area contributed by atoms with E-state index in [0.29, 0.717) is 13.1 Å². The van der Waals surface area contributed by atoms with Gasteiger partial charge in [-0.15, -0.1) is 0 Å². The Kier molecular flexibility index (Phi) is 4.72. The Balaban J connectivity index is 2.94. The summed E-state index contributed by atoms with van der Waals surface area (Å²) in [6.07, 6.45) is 2.40. The number of amides is 1. The van der Waals surface area contributed by atoms with Crippen molar-refractivity contribution in [2.75, 3.05) is 20.1 Å². The topological polar surface area (TPSA) is 107 Å². The third-order valence-corrected chi connectivity index (χ3v) is 3.44. The highest BCUT2D eigenvalue weighted by molar-refractivity contribution is 5.83. The van der Waals surface area contributed by atoms with E-state index in [-0.39, 0.29) is 17.0 Å². The second-order valence-electron chi connectivity index (χ2n) is 6.49. The molecule has 0 saturated carbocycles. The molecule has 1 aromatic rings. The molecular formula is C13H23N5O3. The summed E-state index contributed by atoms with van der Waals surface area (Å²) >= 11 is 0. The van der Waals surface area contributed by atoms with Crippen LogP contribution in [0.15, 0.2) is 12.4 Å². The number of likely N-dealkylation sites (N-methyl/N-ethyl adjacent to an activating group) is 1. The normalized spacial score (nSPS) is 12.3. The monoisotopic (exact) mass is 297 g/mol. The molecule has 0 unspecified atom stereocenters. The average Bonchev–Trinajstić information content (AvgIpc) is 2.87. The minimum atomic E-state index is -1.01. The zero-order chi connectivity index (χ0) is 16.4. The van der Waals surface area contributed by atoms with Gasteiger partial charge in [-0.25, -0.2) is 0 Å². The van der Waals surface area contributed by atoms with Crippen LogP contribution in [0.1, 0.15) is 27.7 Å². The molecule has 0 radical (unpaired) electrons. The highest BCUT2D eigenvalue weighted by Gasteiger charge is 2.35. The van der Waals surface area contributed by atoms with E-state index in [0.717, 1.165) is 6.20 Å². The zero-order valence-corrected chi connectivity index (χ0v) is 13.2.